The third kappa shape index (κ3) is 2.81. The monoisotopic (exact) mass is 269 g/mol. The molecule has 0 aliphatic carbocycles. The van der Waals surface area contributed by atoms with Crippen LogP contribution in [-0.4, -0.2) is 48.5 Å². The predicted molar refractivity (Wildman–Crippen MR) is 72.3 cm³/mol. The Balaban J connectivity index is 2.01. The van der Waals surface area contributed by atoms with Gasteiger partial charge in [-0.25, -0.2) is 4.79 Å². The first-order chi connectivity index (χ1) is 8.61. The second-order valence-electron chi connectivity index (χ2n) is 4.63. The van der Waals surface area contributed by atoms with Gasteiger partial charge in [0.1, 0.15) is 16.7 Å². The Morgan fingerprint density at radius 3 is 2.78 bits per heavy atom. The van der Waals surface area contributed by atoms with Crippen LogP contribution in [0.25, 0.3) is 0 Å². The van der Waals surface area contributed by atoms with Crippen LogP contribution in [0.2, 0.25) is 0 Å². The van der Waals surface area contributed by atoms with Crippen molar-refractivity contribution in [1.29, 1.82) is 0 Å². The fraction of sp³-hybridized carbons (Fsp3) is 0.667. The van der Waals surface area contributed by atoms with Crippen molar-refractivity contribution in [1.82, 2.24) is 9.27 Å². The summed E-state index contributed by atoms with van der Waals surface area (Å²) in [6, 6.07) is 0. The molecule has 100 valence electrons. The first kappa shape index (κ1) is 13.3. The van der Waals surface area contributed by atoms with E-state index < -0.39 is 0 Å². The molecule has 1 aliphatic rings. The smallest absolute Gasteiger partial charge is 0.343 e. The molecule has 1 fully saturated rings. The average molecular weight is 269 g/mol. The number of carbonyl (C=O) groups excluding carboxylic acids is 1. The van der Waals surface area contributed by atoms with Gasteiger partial charge in [-0.15, -0.1) is 0 Å². The van der Waals surface area contributed by atoms with Gasteiger partial charge in [0.05, 0.1) is 5.69 Å². The summed E-state index contributed by atoms with van der Waals surface area (Å²) in [5.41, 5.74) is 1.32. The molecule has 1 N–H and O–H groups in total. The van der Waals surface area contributed by atoms with Crippen molar-refractivity contribution in [2.75, 3.05) is 32.5 Å². The fourth-order valence-corrected chi connectivity index (χ4v) is 2.83. The summed E-state index contributed by atoms with van der Waals surface area (Å²) in [5, 5.41) is 3.77. The topological polar surface area (TPSA) is 54.5 Å². The summed E-state index contributed by atoms with van der Waals surface area (Å²) in [6.45, 7) is 3.80. The number of rotatable bonds is 3. The normalized spacial score (nSPS) is 17.7. The minimum atomic E-state index is -0.250. The molecule has 0 amide bonds. The Labute approximate surface area is 111 Å². The molecule has 0 aromatic carbocycles. The van der Waals surface area contributed by atoms with Crippen molar-refractivity contribution >= 4 is 22.5 Å². The van der Waals surface area contributed by atoms with E-state index in [0.29, 0.717) is 5.56 Å². The van der Waals surface area contributed by atoms with Crippen LogP contribution in [0, 0.1) is 6.92 Å². The standard InChI is InChI=1S/C12H19N3O2S/c1-8-10(11(13-2)18-14-8)12(16)17-9-4-6-15(3)7-5-9/h9,13H,4-7H2,1-3H3. The van der Waals surface area contributed by atoms with Crippen molar-refractivity contribution in [3.8, 4) is 0 Å². The first-order valence-electron chi connectivity index (χ1n) is 6.15. The van der Waals surface area contributed by atoms with Crippen LogP contribution in [0.3, 0.4) is 0 Å². The van der Waals surface area contributed by atoms with Gasteiger partial charge in [-0.1, -0.05) is 0 Å². The Morgan fingerprint density at radius 2 is 2.17 bits per heavy atom. The quantitative estimate of drug-likeness (QED) is 0.847. The van der Waals surface area contributed by atoms with E-state index in [1.54, 1.807) is 7.05 Å². The van der Waals surface area contributed by atoms with Crippen LogP contribution in [0.1, 0.15) is 28.9 Å². The number of ether oxygens (including phenoxy) is 1. The summed E-state index contributed by atoms with van der Waals surface area (Å²) < 4.78 is 9.75. The van der Waals surface area contributed by atoms with Crippen molar-refractivity contribution in [2.24, 2.45) is 0 Å². The second kappa shape index (κ2) is 5.67. The maximum absolute atomic E-state index is 12.1. The SMILES string of the molecule is CNc1snc(C)c1C(=O)OC1CCN(C)CC1. The molecule has 2 rings (SSSR count). The van der Waals surface area contributed by atoms with Crippen molar-refractivity contribution in [2.45, 2.75) is 25.9 Å². The highest BCUT2D eigenvalue weighted by molar-refractivity contribution is 7.10. The molecular formula is C12H19N3O2S. The van der Waals surface area contributed by atoms with Crippen LogP contribution in [0.15, 0.2) is 0 Å². The van der Waals surface area contributed by atoms with E-state index >= 15 is 0 Å². The molecule has 0 bridgehead atoms. The maximum Gasteiger partial charge on any atom is 0.343 e. The summed E-state index contributed by atoms with van der Waals surface area (Å²) in [5.74, 6) is -0.250. The molecule has 6 heteroatoms. The second-order valence-corrected chi connectivity index (χ2v) is 5.40. The van der Waals surface area contributed by atoms with E-state index in [9.17, 15) is 4.79 Å². The molecule has 0 unspecified atom stereocenters. The van der Waals surface area contributed by atoms with Crippen LogP contribution in [-0.2, 0) is 4.74 Å². The largest absolute Gasteiger partial charge is 0.459 e. The van der Waals surface area contributed by atoms with Gasteiger partial charge in [-0.05, 0) is 38.3 Å². The number of anilines is 1. The van der Waals surface area contributed by atoms with Gasteiger partial charge < -0.3 is 15.0 Å². The van der Waals surface area contributed by atoms with Gasteiger partial charge in [0.15, 0.2) is 0 Å². The van der Waals surface area contributed by atoms with E-state index in [4.69, 9.17) is 4.74 Å². The van der Waals surface area contributed by atoms with Crippen LogP contribution >= 0.6 is 11.5 Å². The van der Waals surface area contributed by atoms with Gasteiger partial charge in [0.25, 0.3) is 0 Å². The molecule has 1 aromatic heterocycles. The number of esters is 1. The number of hydrogen-bond acceptors (Lipinski definition) is 6. The molecule has 2 heterocycles. The molecular weight excluding hydrogens is 250 g/mol. The Hall–Kier alpha value is -1.14. The molecule has 1 saturated heterocycles. The molecule has 0 spiro atoms. The zero-order chi connectivity index (χ0) is 13.1. The lowest BCUT2D eigenvalue weighted by atomic mass is 10.1. The molecule has 18 heavy (non-hydrogen) atoms. The summed E-state index contributed by atoms with van der Waals surface area (Å²) in [6.07, 6.45) is 1.86. The third-order valence-electron chi connectivity index (χ3n) is 3.23. The van der Waals surface area contributed by atoms with E-state index in [1.807, 2.05) is 6.92 Å². The zero-order valence-corrected chi connectivity index (χ0v) is 11.8. The maximum atomic E-state index is 12.1. The van der Waals surface area contributed by atoms with E-state index in [-0.39, 0.29) is 12.1 Å². The number of hydrogen-bond donors (Lipinski definition) is 1. The molecule has 5 nitrogen and oxygen atoms in total. The number of nitrogens with zero attached hydrogens (tertiary/aromatic N) is 2. The van der Waals surface area contributed by atoms with E-state index in [2.05, 4.69) is 21.6 Å². The first-order valence-corrected chi connectivity index (χ1v) is 6.92. The average Bonchev–Trinajstić information content (AvgIpc) is 2.73. The molecule has 1 aromatic rings. The molecule has 0 atom stereocenters. The highest BCUT2D eigenvalue weighted by atomic mass is 32.1. The van der Waals surface area contributed by atoms with Gasteiger partial charge >= 0.3 is 5.97 Å². The van der Waals surface area contributed by atoms with Crippen LogP contribution in [0.5, 0.6) is 0 Å². The highest BCUT2D eigenvalue weighted by Crippen LogP contribution is 2.26. The minimum Gasteiger partial charge on any atom is -0.459 e. The van der Waals surface area contributed by atoms with Crippen LogP contribution < -0.4 is 5.32 Å². The number of carbonyl (C=O) groups is 1. The Kier molecular flexibility index (Phi) is 4.19. The van der Waals surface area contributed by atoms with E-state index in [1.165, 1.54) is 11.5 Å². The van der Waals surface area contributed by atoms with Crippen LogP contribution in [0.4, 0.5) is 5.00 Å². The zero-order valence-electron chi connectivity index (χ0n) is 11.0. The molecule has 0 radical (unpaired) electrons. The predicted octanol–water partition coefficient (Wildman–Crippen LogP) is 1.74. The molecule has 1 aliphatic heterocycles. The number of nitrogens with one attached hydrogen (secondary N) is 1. The lowest BCUT2D eigenvalue weighted by molar-refractivity contribution is 0.0140. The summed E-state index contributed by atoms with van der Waals surface area (Å²) >= 11 is 1.30. The lowest BCUT2D eigenvalue weighted by Crippen LogP contribution is -2.35. The summed E-state index contributed by atoms with van der Waals surface area (Å²) in [4.78, 5) is 14.4. The van der Waals surface area contributed by atoms with Gasteiger partial charge in [-0.3, -0.25) is 0 Å². The van der Waals surface area contributed by atoms with Gasteiger partial charge in [-0.2, -0.15) is 4.37 Å². The van der Waals surface area contributed by atoms with Crippen molar-refractivity contribution in [3.63, 3.8) is 0 Å². The van der Waals surface area contributed by atoms with Gasteiger partial charge in [0.2, 0.25) is 0 Å². The number of aryl methyl sites for hydroxylation is 1. The summed E-state index contributed by atoms with van der Waals surface area (Å²) in [7, 11) is 3.88. The number of piperidine rings is 1. The molecule has 0 saturated carbocycles. The van der Waals surface area contributed by atoms with Gasteiger partial charge in [0, 0.05) is 20.1 Å². The minimum absolute atomic E-state index is 0.0395. The Bertz CT molecular complexity index is 425. The highest BCUT2D eigenvalue weighted by Gasteiger charge is 2.24. The van der Waals surface area contributed by atoms with Crippen molar-refractivity contribution < 1.29 is 9.53 Å². The number of likely N-dealkylation sites (tertiary alicyclic amines) is 1. The number of aromatic nitrogens is 1. The Morgan fingerprint density at radius 1 is 1.50 bits per heavy atom. The lowest BCUT2D eigenvalue weighted by Gasteiger charge is -2.28. The third-order valence-corrected chi connectivity index (χ3v) is 4.19. The van der Waals surface area contributed by atoms with Crippen molar-refractivity contribution in [3.05, 3.63) is 11.3 Å². The fourth-order valence-electron chi connectivity index (χ4n) is 2.09. The van der Waals surface area contributed by atoms with E-state index in [0.717, 1.165) is 36.6 Å².